The Labute approximate surface area is 202 Å². The minimum absolute atomic E-state index is 0.232. The molecule has 0 aliphatic rings. The van der Waals surface area contributed by atoms with Crippen LogP contribution in [0.5, 0.6) is 5.75 Å². The van der Waals surface area contributed by atoms with Gasteiger partial charge in [0.1, 0.15) is 5.75 Å². The Balaban J connectivity index is 1.37. The number of carbonyl (C=O) groups is 1. The van der Waals surface area contributed by atoms with Gasteiger partial charge in [-0.15, -0.1) is 10.2 Å². The van der Waals surface area contributed by atoms with E-state index in [0.717, 1.165) is 27.9 Å². The normalized spacial score (nSPS) is 11.9. The molecular formula is C27H24N6O2. The van der Waals surface area contributed by atoms with Gasteiger partial charge < -0.3 is 10.1 Å². The molecule has 1 atom stereocenters. The van der Waals surface area contributed by atoms with Gasteiger partial charge in [-0.25, -0.2) is 0 Å². The third kappa shape index (κ3) is 4.59. The van der Waals surface area contributed by atoms with Crippen molar-refractivity contribution in [3.8, 4) is 28.4 Å². The number of hydrogen-bond acceptors (Lipinski definition) is 6. The lowest BCUT2D eigenvalue weighted by atomic mass is 10.1. The van der Waals surface area contributed by atoms with Gasteiger partial charge in [-0.05, 0) is 74.4 Å². The van der Waals surface area contributed by atoms with Gasteiger partial charge in [0.2, 0.25) is 0 Å². The molecule has 1 N–H and O–H groups in total. The summed E-state index contributed by atoms with van der Waals surface area (Å²) >= 11 is 0. The summed E-state index contributed by atoms with van der Waals surface area (Å²) in [4.78, 5) is 17.0. The fourth-order valence-corrected chi connectivity index (χ4v) is 3.71. The van der Waals surface area contributed by atoms with Crippen LogP contribution in [0.25, 0.3) is 28.3 Å². The molecule has 5 aromatic rings. The zero-order chi connectivity index (χ0) is 24.4. The first-order chi connectivity index (χ1) is 17.0. The molecule has 8 nitrogen and oxygen atoms in total. The Morgan fingerprint density at radius 3 is 2.63 bits per heavy atom. The number of aryl methyl sites for hydroxylation is 1. The molecule has 3 heterocycles. The van der Waals surface area contributed by atoms with Crippen molar-refractivity contribution in [2.24, 2.45) is 0 Å². The summed E-state index contributed by atoms with van der Waals surface area (Å²) in [6.07, 6.45) is 2.77. The quantitative estimate of drug-likeness (QED) is 0.385. The van der Waals surface area contributed by atoms with Crippen molar-refractivity contribution in [3.63, 3.8) is 0 Å². The van der Waals surface area contributed by atoms with E-state index in [4.69, 9.17) is 9.84 Å². The summed E-state index contributed by atoms with van der Waals surface area (Å²) in [6, 6.07) is 20.8. The fraction of sp³-hybridized carbons (Fsp3) is 0.148. The average Bonchev–Trinajstić information content (AvgIpc) is 3.31. The van der Waals surface area contributed by atoms with Gasteiger partial charge in [0.15, 0.2) is 17.6 Å². The summed E-state index contributed by atoms with van der Waals surface area (Å²) < 4.78 is 7.61. The van der Waals surface area contributed by atoms with Crippen LogP contribution in [0.1, 0.15) is 18.1 Å². The number of hydrogen-bond donors (Lipinski definition) is 1. The second kappa shape index (κ2) is 9.34. The maximum atomic E-state index is 12.8. The zero-order valence-corrected chi connectivity index (χ0v) is 19.6. The molecule has 8 heteroatoms. The molecule has 0 saturated heterocycles. The molecule has 0 aliphatic heterocycles. The second-order valence-electron chi connectivity index (χ2n) is 8.28. The average molecular weight is 465 g/mol. The zero-order valence-electron chi connectivity index (χ0n) is 19.6. The number of fused-ring (bicyclic) bond motifs is 1. The number of nitrogens with zero attached hydrogens (tertiary/aromatic N) is 5. The molecule has 1 unspecified atom stereocenters. The molecule has 0 bridgehead atoms. The molecule has 0 aliphatic carbocycles. The van der Waals surface area contributed by atoms with Gasteiger partial charge in [0.05, 0.1) is 5.69 Å². The van der Waals surface area contributed by atoms with Crippen LogP contribution in [0.15, 0.2) is 79.1 Å². The number of rotatable bonds is 6. The van der Waals surface area contributed by atoms with Crippen LogP contribution in [-0.2, 0) is 4.79 Å². The van der Waals surface area contributed by atoms with Crippen molar-refractivity contribution in [3.05, 3.63) is 90.3 Å². The van der Waals surface area contributed by atoms with Crippen molar-refractivity contribution in [1.29, 1.82) is 0 Å². The number of carbonyl (C=O) groups excluding carboxylic acids is 1. The van der Waals surface area contributed by atoms with E-state index in [-0.39, 0.29) is 5.91 Å². The van der Waals surface area contributed by atoms with Crippen LogP contribution in [0.4, 0.5) is 5.69 Å². The van der Waals surface area contributed by atoms with Crippen molar-refractivity contribution in [2.75, 3.05) is 5.32 Å². The summed E-state index contributed by atoms with van der Waals surface area (Å²) in [6.45, 7) is 5.74. The molecular weight excluding hydrogens is 440 g/mol. The van der Waals surface area contributed by atoms with Gasteiger partial charge in [-0.1, -0.05) is 24.3 Å². The van der Waals surface area contributed by atoms with Crippen LogP contribution in [-0.4, -0.2) is 36.8 Å². The highest BCUT2D eigenvalue weighted by molar-refractivity contribution is 5.94. The van der Waals surface area contributed by atoms with Crippen LogP contribution in [0.2, 0.25) is 0 Å². The Kier molecular flexibility index (Phi) is 5.93. The summed E-state index contributed by atoms with van der Waals surface area (Å²) in [5.74, 6) is 1.08. The van der Waals surface area contributed by atoms with E-state index in [1.807, 2.05) is 80.6 Å². The van der Waals surface area contributed by atoms with Gasteiger partial charge in [0.25, 0.3) is 5.91 Å². The van der Waals surface area contributed by atoms with Crippen molar-refractivity contribution >= 4 is 17.2 Å². The van der Waals surface area contributed by atoms with E-state index in [0.29, 0.717) is 22.9 Å². The Hall–Kier alpha value is -4.59. The Morgan fingerprint density at radius 1 is 0.971 bits per heavy atom. The van der Waals surface area contributed by atoms with E-state index in [1.165, 1.54) is 0 Å². The highest BCUT2D eigenvalue weighted by atomic mass is 16.5. The van der Waals surface area contributed by atoms with Crippen LogP contribution in [0.3, 0.4) is 0 Å². The van der Waals surface area contributed by atoms with E-state index in [1.54, 1.807) is 23.8 Å². The van der Waals surface area contributed by atoms with Crippen LogP contribution in [0, 0.1) is 13.8 Å². The predicted octanol–water partition coefficient (Wildman–Crippen LogP) is 4.88. The molecule has 174 valence electrons. The largest absolute Gasteiger partial charge is 0.481 e. The summed E-state index contributed by atoms with van der Waals surface area (Å²) in [5, 5.41) is 16.1. The number of benzene rings is 2. The van der Waals surface area contributed by atoms with Crippen LogP contribution < -0.4 is 10.1 Å². The predicted molar refractivity (Wildman–Crippen MR) is 134 cm³/mol. The van der Waals surface area contributed by atoms with E-state index in [2.05, 4.69) is 20.5 Å². The van der Waals surface area contributed by atoms with Gasteiger partial charge in [0, 0.05) is 29.2 Å². The molecule has 0 fully saturated rings. The maximum absolute atomic E-state index is 12.8. The molecule has 0 saturated carbocycles. The second-order valence-corrected chi connectivity index (χ2v) is 8.28. The molecule has 35 heavy (non-hydrogen) atoms. The number of aromatic nitrogens is 5. The highest BCUT2D eigenvalue weighted by Gasteiger charge is 2.17. The van der Waals surface area contributed by atoms with Gasteiger partial charge in [-0.2, -0.15) is 9.61 Å². The first-order valence-corrected chi connectivity index (χ1v) is 11.3. The lowest BCUT2D eigenvalue weighted by Gasteiger charge is -2.17. The third-order valence-electron chi connectivity index (χ3n) is 5.84. The third-order valence-corrected chi connectivity index (χ3v) is 5.84. The van der Waals surface area contributed by atoms with E-state index < -0.39 is 6.10 Å². The summed E-state index contributed by atoms with van der Waals surface area (Å²) in [7, 11) is 0. The molecule has 3 aromatic heterocycles. The molecule has 0 spiro atoms. The van der Waals surface area contributed by atoms with Gasteiger partial charge in [-0.3, -0.25) is 9.78 Å². The number of ether oxygens (including phenoxy) is 1. The number of pyridine rings is 1. The highest BCUT2D eigenvalue weighted by Crippen LogP contribution is 2.25. The molecule has 2 aromatic carbocycles. The standard InChI is InChI=1S/C27H24N6O2/c1-17-7-4-11-24(18(17)2)35-19(3)27(34)29-22-10-5-8-20(15-22)23-12-13-25-30-31-26(33(25)32-23)21-9-6-14-28-16-21/h4-16,19H,1-3H3,(H,29,34). The molecule has 5 rings (SSSR count). The molecule has 1 amide bonds. The summed E-state index contributed by atoms with van der Waals surface area (Å²) in [5.41, 5.74) is 5.82. The SMILES string of the molecule is Cc1cccc(OC(C)C(=O)Nc2cccc(-c3ccc4nnc(-c5cccnc5)n4n3)c2)c1C. The van der Waals surface area contributed by atoms with E-state index >= 15 is 0 Å². The fourth-order valence-electron chi connectivity index (χ4n) is 3.71. The smallest absolute Gasteiger partial charge is 0.265 e. The minimum Gasteiger partial charge on any atom is -0.481 e. The lowest BCUT2D eigenvalue weighted by molar-refractivity contribution is -0.122. The lowest BCUT2D eigenvalue weighted by Crippen LogP contribution is -2.30. The van der Waals surface area contributed by atoms with E-state index in [9.17, 15) is 4.79 Å². The monoisotopic (exact) mass is 464 g/mol. The molecule has 0 radical (unpaired) electrons. The Morgan fingerprint density at radius 2 is 1.80 bits per heavy atom. The van der Waals surface area contributed by atoms with Gasteiger partial charge >= 0.3 is 0 Å². The van der Waals surface area contributed by atoms with Crippen molar-refractivity contribution in [2.45, 2.75) is 26.9 Å². The van der Waals surface area contributed by atoms with Crippen molar-refractivity contribution < 1.29 is 9.53 Å². The first kappa shape index (κ1) is 22.2. The minimum atomic E-state index is -0.660. The van der Waals surface area contributed by atoms with Crippen LogP contribution >= 0.6 is 0 Å². The number of anilines is 1. The maximum Gasteiger partial charge on any atom is 0.265 e. The van der Waals surface area contributed by atoms with Crippen molar-refractivity contribution in [1.82, 2.24) is 24.8 Å². The topological polar surface area (TPSA) is 94.3 Å². The Bertz CT molecular complexity index is 1510. The first-order valence-electron chi connectivity index (χ1n) is 11.3. The number of amides is 1. The number of nitrogens with one attached hydrogen (secondary N) is 1.